The van der Waals surface area contributed by atoms with Gasteiger partial charge in [-0.3, -0.25) is 0 Å². The highest BCUT2D eigenvalue weighted by molar-refractivity contribution is 7.90. The average molecular weight is 255 g/mol. The lowest BCUT2D eigenvalue weighted by Crippen LogP contribution is -2.52. The molecule has 0 radical (unpaired) electrons. The van der Waals surface area contributed by atoms with E-state index in [1.807, 2.05) is 0 Å². The van der Waals surface area contributed by atoms with Gasteiger partial charge in [0.2, 0.25) is 10.0 Å². The van der Waals surface area contributed by atoms with Gasteiger partial charge in [-0.2, -0.15) is 13.2 Å². The van der Waals surface area contributed by atoms with E-state index in [1.165, 1.54) is 18.2 Å². The number of allylic oxidation sites excluding steroid dienone is 3. The molecule has 0 bridgehead atoms. The fourth-order valence-corrected chi connectivity index (χ4v) is 2.90. The van der Waals surface area contributed by atoms with Crippen molar-refractivity contribution in [2.45, 2.75) is 24.3 Å². The molecule has 1 aliphatic rings. The van der Waals surface area contributed by atoms with Crippen LogP contribution in [0.3, 0.4) is 0 Å². The van der Waals surface area contributed by atoms with Gasteiger partial charge in [0.1, 0.15) is 4.75 Å². The standard InChI is InChI=1S/C9H12F3NO2S/c1-7(9(10,11)12)8(16(13,14)15)5-3-2-4-6-8/h2-5,7H,6H2,1H3,(H2,13,14,15). The van der Waals surface area contributed by atoms with E-state index in [0.717, 1.165) is 13.0 Å². The normalized spacial score (nSPS) is 28.1. The van der Waals surface area contributed by atoms with Crippen LogP contribution in [0.4, 0.5) is 13.2 Å². The zero-order valence-electron chi connectivity index (χ0n) is 8.53. The lowest BCUT2D eigenvalue weighted by atomic mass is 9.86. The van der Waals surface area contributed by atoms with Crippen molar-refractivity contribution in [3.05, 3.63) is 24.3 Å². The summed E-state index contributed by atoms with van der Waals surface area (Å²) in [5.41, 5.74) is 0. The highest BCUT2D eigenvalue weighted by Gasteiger charge is 2.55. The molecule has 2 N–H and O–H groups in total. The molecule has 0 amide bonds. The van der Waals surface area contributed by atoms with Crippen molar-refractivity contribution in [1.82, 2.24) is 0 Å². The second-order valence-electron chi connectivity index (χ2n) is 3.75. The van der Waals surface area contributed by atoms with Gasteiger partial charge in [0, 0.05) is 0 Å². The average Bonchev–Trinajstić information content (AvgIpc) is 2.14. The first kappa shape index (κ1) is 13.2. The summed E-state index contributed by atoms with van der Waals surface area (Å²) in [6, 6.07) is 0. The summed E-state index contributed by atoms with van der Waals surface area (Å²) in [6.07, 6.45) is 0.279. The summed E-state index contributed by atoms with van der Waals surface area (Å²) < 4.78 is 58.6. The molecule has 0 aromatic heterocycles. The van der Waals surface area contributed by atoms with Crippen molar-refractivity contribution in [3.8, 4) is 0 Å². The van der Waals surface area contributed by atoms with Crippen LogP contribution in [0.5, 0.6) is 0 Å². The third-order valence-electron chi connectivity index (χ3n) is 2.82. The number of halogens is 3. The molecule has 92 valence electrons. The van der Waals surface area contributed by atoms with Crippen LogP contribution < -0.4 is 5.14 Å². The molecule has 0 saturated carbocycles. The molecule has 0 aromatic rings. The Morgan fingerprint density at radius 3 is 2.25 bits per heavy atom. The molecule has 2 atom stereocenters. The van der Waals surface area contributed by atoms with Crippen LogP contribution in [-0.4, -0.2) is 19.3 Å². The summed E-state index contributed by atoms with van der Waals surface area (Å²) in [5.74, 6) is -2.05. The van der Waals surface area contributed by atoms with Crippen LogP contribution >= 0.6 is 0 Å². The summed E-state index contributed by atoms with van der Waals surface area (Å²) in [7, 11) is -4.33. The first-order chi connectivity index (χ1) is 7.11. The highest BCUT2D eigenvalue weighted by Crippen LogP contribution is 2.42. The summed E-state index contributed by atoms with van der Waals surface area (Å²) in [5, 5.41) is 4.93. The van der Waals surface area contributed by atoms with Crippen LogP contribution in [0.25, 0.3) is 0 Å². The van der Waals surface area contributed by atoms with Gasteiger partial charge in [-0.1, -0.05) is 31.2 Å². The van der Waals surface area contributed by atoms with E-state index in [1.54, 1.807) is 0 Å². The maximum atomic E-state index is 12.6. The van der Waals surface area contributed by atoms with Gasteiger partial charge in [-0.25, -0.2) is 13.6 Å². The molecule has 16 heavy (non-hydrogen) atoms. The van der Waals surface area contributed by atoms with Crippen molar-refractivity contribution >= 4 is 10.0 Å². The smallest absolute Gasteiger partial charge is 0.228 e. The maximum absolute atomic E-state index is 12.6. The molecule has 1 aliphatic carbocycles. The van der Waals surface area contributed by atoms with Crippen LogP contribution in [0.15, 0.2) is 24.3 Å². The van der Waals surface area contributed by atoms with E-state index in [9.17, 15) is 21.6 Å². The Morgan fingerprint density at radius 1 is 1.38 bits per heavy atom. The third-order valence-corrected chi connectivity index (χ3v) is 4.53. The van der Waals surface area contributed by atoms with E-state index in [2.05, 4.69) is 0 Å². The highest BCUT2D eigenvalue weighted by atomic mass is 32.2. The SMILES string of the molecule is CC(C(F)(F)F)C1(S(N)(=O)=O)C=CC=CC1. The fraction of sp³-hybridized carbons (Fsp3) is 0.556. The van der Waals surface area contributed by atoms with Crippen LogP contribution in [-0.2, 0) is 10.0 Å². The molecule has 2 unspecified atom stereocenters. The largest absolute Gasteiger partial charge is 0.393 e. The molecule has 7 heteroatoms. The first-order valence-corrected chi connectivity index (χ1v) is 6.09. The number of rotatable bonds is 2. The number of sulfonamides is 1. The van der Waals surface area contributed by atoms with Crippen molar-refractivity contribution in [3.63, 3.8) is 0 Å². The number of nitrogens with two attached hydrogens (primary N) is 1. The van der Waals surface area contributed by atoms with Gasteiger partial charge in [-0.15, -0.1) is 0 Å². The Balaban J connectivity index is 3.28. The van der Waals surface area contributed by atoms with Crippen molar-refractivity contribution < 1.29 is 21.6 Å². The molecule has 0 saturated heterocycles. The Hall–Kier alpha value is -0.820. The zero-order valence-corrected chi connectivity index (χ0v) is 9.35. The predicted molar refractivity (Wildman–Crippen MR) is 54.0 cm³/mol. The van der Waals surface area contributed by atoms with Crippen LogP contribution in [0.1, 0.15) is 13.3 Å². The minimum atomic E-state index is -4.61. The summed E-state index contributed by atoms with van der Waals surface area (Å²) >= 11 is 0. The van der Waals surface area contributed by atoms with Crippen LogP contribution in [0, 0.1) is 5.92 Å². The lowest BCUT2D eigenvalue weighted by molar-refractivity contribution is -0.175. The summed E-state index contributed by atoms with van der Waals surface area (Å²) in [6.45, 7) is 0.827. The fourth-order valence-electron chi connectivity index (χ4n) is 1.67. The monoisotopic (exact) mass is 255 g/mol. The minimum Gasteiger partial charge on any atom is -0.228 e. The lowest BCUT2D eigenvalue weighted by Gasteiger charge is -2.35. The molecular formula is C9H12F3NO2S. The number of alkyl halides is 3. The quantitative estimate of drug-likeness (QED) is 0.816. The molecule has 1 rings (SSSR count). The van der Waals surface area contributed by atoms with Crippen LogP contribution in [0.2, 0.25) is 0 Å². The van der Waals surface area contributed by atoms with Crippen molar-refractivity contribution in [1.29, 1.82) is 0 Å². The molecule has 0 aliphatic heterocycles. The van der Waals surface area contributed by atoms with E-state index < -0.39 is 26.9 Å². The van der Waals surface area contributed by atoms with Crippen molar-refractivity contribution in [2.24, 2.45) is 11.1 Å². The second kappa shape index (κ2) is 3.89. The second-order valence-corrected chi connectivity index (χ2v) is 5.60. The van der Waals surface area contributed by atoms with E-state index in [-0.39, 0.29) is 6.42 Å². The molecule has 0 fully saturated rings. The first-order valence-electron chi connectivity index (χ1n) is 4.55. The maximum Gasteiger partial charge on any atom is 0.393 e. The van der Waals surface area contributed by atoms with Gasteiger partial charge < -0.3 is 0 Å². The van der Waals surface area contributed by atoms with Gasteiger partial charge in [0.25, 0.3) is 0 Å². The van der Waals surface area contributed by atoms with E-state index in [0.29, 0.717) is 0 Å². The molecular weight excluding hydrogens is 243 g/mol. The molecule has 3 nitrogen and oxygen atoms in total. The van der Waals surface area contributed by atoms with E-state index in [4.69, 9.17) is 5.14 Å². The summed E-state index contributed by atoms with van der Waals surface area (Å²) in [4.78, 5) is 0. The Kier molecular flexibility index (Phi) is 3.22. The number of hydrogen-bond donors (Lipinski definition) is 1. The predicted octanol–water partition coefficient (Wildman–Crippen LogP) is 1.73. The Bertz CT molecular complexity index is 425. The number of primary sulfonamides is 1. The van der Waals surface area contributed by atoms with E-state index >= 15 is 0 Å². The third kappa shape index (κ3) is 2.15. The minimum absolute atomic E-state index is 0.261. The van der Waals surface area contributed by atoms with Gasteiger partial charge in [0.05, 0.1) is 5.92 Å². The number of hydrogen-bond acceptors (Lipinski definition) is 2. The molecule has 0 heterocycles. The van der Waals surface area contributed by atoms with Gasteiger partial charge in [-0.05, 0) is 6.42 Å². The Labute approximate surface area is 91.9 Å². The zero-order chi connectivity index (χ0) is 12.6. The molecule has 0 spiro atoms. The topological polar surface area (TPSA) is 60.2 Å². The van der Waals surface area contributed by atoms with Gasteiger partial charge in [0.15, 0.2) is 0 Å². The van der Waals surface area contributed by atoms with Gasteiger partial charge >= 0.3 is 6.18 Å². The van der Waals surface area contributed by atoms with Crippen molar-refractivity contribution in [2.75, 3.05) is 0 Å². The Morgan fingerprint density at radius 2 is 1.94 bits per heavy atom. The molecule has 0 aromatic carbocycles.